The van der Waals surface area contributed by atoms with E-state index in [0.29, 0.717) is 19.3 Å². The van der Waals surface area contributed by atoms with Crippen molar-refractivity contribution < 1.29 is 38.2 Å². The molecule has 0 spiro atoms. The van der Waals surface area contributed by atoms with Gasteiger partial charge in [-0.1, -0.05) is 146 Å². The summed E-state index contributed by atoms with van der Waals surface area (Å²) in [4.78, 5) is 37.0. The van der Waals surface area contributed by atoms with Crippen molar-refractivity contribution in [3.05, 3.63) is 48.6 Å². The molecule has 1 N–H and O–H groups in total. The van der Waals surface area contributed by atoms with Gasteiger partial charge < -0.3 is 23.8 Å². The molecule has 8 heteroatoms. The number of ether oxygens (including phenoxy) is 3. The molecular formula is C48H86NO7+. The van der Waals surface area contributed by atoms with Crippen LogP contribution in [0.25, 0.3) is 0 Å². The van der Waals surface area contributed by atoms with Crippen LogP contribution in [0.4, 0.5) is 0 Å². The van der Waals surface area contributed by atoms with Gasteiger partial charge in [0.25, 0.3) is 0 Å². The first kappa shape index (κ1) is 53.3. The largest absolute Gasteiger partial charge is 0.477 e. The summed E-state index contributed by atoms with van der Waals surface area (Å²) < 4.78 is 17.2. The fourth-order valence-corrected chi connectivity index (χ4v) is 6.40. The van der Waals surface area contributed by atoms with Crippen molar-refractivity contribution in [3.63, 3.8) is 0 Å². The van der Waals surface area contributed by atoms with E-state index in [0.717, 1.165) is 38.5 Å². The van der Waals surface area contributed by atoms with Gasteiger partial charge in [0.15, 0.2) is 12.1 Å². The summed E-state index contributed by atoms with van der Waals surface area (Å²) in [5.41, 5.74) is 0. The molecule has 0 rings (SSSR count). The molecular weight excluding hydrogens is 703 g/mol. The van der Waals surface area contributed by atoms with Gasteiger partial charge in [-0.3, -0.25) is 9.59 Å². The minimum atomic E-state index is -0.884. The van der Waals surface area contributed by atoms with E-state index in [1.54, 1.807) is 0 Å². The number of hydrogen-bond donors (Lipinski definition) is 1. The number of hydrogen-bond acceptors (Lipinski definition) is 6. The van der Waals surface area contributed by atoms with E-state index < -0.39 is 18.1 Å². The Balaban J connectivity index is 4.43. The quantitative estimate of drug-likeness (QED) is 0.0286. The summed E-state index contributed by atoms with van der Waals surface area (Å²) in [6.07, 6.45) is 45.9. The monoisotopic (exact) mass is 789 g/mol. The van der Waals surface area contributed by atoms with Gasteiger partial charge >= 0.3 is 17.9 Å². The average Bonchev–Trinajstić information content (AvgIpc) is 3.15. The van der Waals surface area contributed by atoms with E-state index in [4.69, 9.17) is 14.2 Å². The lowest BCUT2D eigenvalue weighted by Gasteiger charge is -2.31. The number of quaternary nitrogens is 1. The number of esters is 2. The Bertz CT molecular complexity index is 1060. The highest BCUT2D eigenvalue weighted by atomic mass is 16.6. The number of nitrogens with zero attached hydrogens (tertiary/aromatic N) is 1. The van der Waals surface area contributed by atoms with Gasteiger partial charge in [-0.05, 0) is 70.6 Å². The van der Waals surface area contributed by atoms with Crippen LogP contribution in [0.15, 0.2) is 48.6 Å². The van der Waals surface area contributed by atoms with Crippen LogP contribution in [-0.4, -0.2) is 80.6 Å². The lowest BCUT2D eigenvalue weighted by Crippen LogP contribution is -2.50. The third-order valence-electron chi connectivity index (χ3n) is 9.95. The van der Waals surface area contributed by atoms with Crippen molar-refractivity contribution >= 4 is 17.9 Å². The van der Waals surface area contributed by atoms with Crippen molar-refractivity contribution in [1.29, 1.82) is 0 Å². The second-order valence-corrected chi connectivity index (χ2v) is 16.3. The van der Waals surface area contributed by atoms with Crippen molar-refractivity contribution in [2.75, 3.05) is 41.0 Å². The summed E-state index contributed by atoms with van der Waals surface area (Å²) in [5.74, 6) is -1.54. The van der Waals surface area contributed by atoms with Crippen molar-refractivity contribution in [2.24, 2.45) is 0 Å². The zero-order chi connectivity index (χ0) is 41.4. The molecule has 56 heavy (non-hydrogen) atoms. The average molecular weight is 789 g/mol. The van der Waals surface area contributed by atoms with Crippen LogP contribution in [0.3, 0.4) is 0 Å². The molecule has 0 aromatic rings. The summed E-state index contributed by atoms with van der Waals surface area (Å²) in [6.45, 7) is 4.66. The number of carbonyl (C=O) groups is 3. The normalized spacial score (nSPS) is 13.4. The molecule has 0 aromatic heterocycles. The standard InChI is InChI=1S/C48H85NO7/c1-6-8-10-12-14-16-18-20-22-23-25-27-29-31-33-35-37-39-47(51)56-44(42-54-41-40-45(48(52)53)49(3,4)5)43-55-46(50)38-36-34-32-30-28-26-24-21-19-17-15-13-11-9-7-2/h17,19-20,22,25,27,31,33,44-45H,6-16,18,21,23-24,26,28-30,32,34-43H2,1-5H3/p+1/b19-17+,22-20+,27-25+,33-31+. The Morgan fingerprint density at radius 3 is 1.48 bits per heavy atom. The lowest BCUT2D eigenvalue weighted by molar-refractivity contribution is -0.887. The Kier molecular flexibility index (Phi) is 37.2. The summed E-state index contributed by atoms with van der Waals surface area (Å²) in [6, 6.07) is -0.624. The molecule has 0 heterocycles. The van der Waals surface area contributed by atoms with E-state index >= 15 is 0 Å². The predicted molar refractivity (Wildman–Crippen MR) is 234 cm³/mol. The van der Waals surface area contributed by atoms with Gasteiger partial charge in [0, 0.05) is 19.3 Å². The number of carboxylic acids is 1. The van der Waals surface area contributed by atoms with Crippen LogP contribution < -0.4 is 0 Å². The Hall–Kier alpha value is -2.71. The summed E-state index contributed by atoms with van der Waals surface area (Å²) in [5, 5.41) is 9.62. The molecule has 0 saturated carbocycles. The Morgan fingerprint density at radius 1 is 0.536 bits per heavy atom. The Labute approximate surface area is 344 Å². The molecule has 0 aliphatic carbocycles. The van der Waals surface area contributed by atoms with E-state index in [1.807, 2.05) is 21.1 Å². The van der Waals surface area contributed by atoms with Crippen molar-refractivity contribution in [3.8, 4) is 0 Å². The molecule has 0 fully saturated rings. The zero-order valence-electron chi connectivity index (χ0n) is 36.8. The van der Waals surface area contributed by atoms with Crippen LogP contribution in [0, 0.1) is 0 Å². The first-order valence-electron chi connectivity index (χ1n) is 22.7. The third-order valence-corrected chi connectivity index (χ3v) is 9.95. The summed E-state index contributed by atoms with van der Waals surface area (Å²) in [7, 11) is 5.51. The van der Waals surface area contributed by atoms with Crippen LogP contribution in [0.1, 0.15) is 187 Å². The van der Waals surface area contributed by atoms with Crippen LogP contribution in [-0.2, 0) is 28.6 Å². The summed E-state index contributed by atoms with van der Waals surface area (Å²) >= 11 is 0. The fraction of sp³-hybridized carbons (Fsp3) is 0.771. The molecule has 0 bridgehead atoms. The molecule has 8 nitrogen and oxygen atoms in total. The molecule has 0 aliphatic heterocycles. The van der Waals surface area contributed by atoms with Crippen LogP contribution >= 0.6 is 0 Å². The first-order chi connectivity index (χ1) is 27.1. The SMILES string of the molecule is CCCCCC/C=C/CCCCCCCCCC(=O)OCC(COCCC(C(=O)O)[N+](C)(C)C)OC(=O)CCC/C=C/C/C=C/C/C=C/CCCCCCCC. The van der Waals surface area contributed by atoms with Crippen LogP contribution in [0.5, 0.6) is 0 Å². The highest BCUT2D eigenvalue weighted by Gasteiger charge is 2.31. The highest BCUT2D eigenvalue weighted by molar-refractivity contribution is 5.72. The maximum Gasteiger partial charge on any atom is 0.362 e. The van der Waals surface area contributed by atoms with Crippen molar-refractivity contribution in [1.82, 2.24) is 0 Å². The van der Waals surface area contributed by atoms with Crippen LogP contribution in [0.2, 0.25) is 0 Å². The number of rotatable bonds is 40. The maximum atomic E-state index is 12.7. The number of likely N-dealkylation sites (N-methyl/N-ethyl adjacent to an activating group) is 1. The first-order valence-corrected chi connectivity index (χ1v) is 22.7. The molecule has 2 unspecified atom stereocenters. The minimum Gasteiger partial charge on any atom is -0.477 e. The number of allylic oxidation sites excluding steroid dienone is 8. The zero-order valence-corrected chi connectivity index (χ0v) is 36.8. The van der Waals surface area contributed by atoms with Gasteiger partial charge in [-0.2, -0.15) is 0 Å². The second kappa shape index (κ2) is 39.1. The topological polar surface area (TPSA) is 99.1 Å². The van der Waals surface area contributed by atoms with Gasteiger partial charge in [0.05, 0.1) is 34.4 Å². The smallest absolute Gasteiger partial charge is 0.362 e. The number of aliphatic carboxylic acids is 1. The molecule has 0 radical (unpaired) electrons. The highest BCUT2D eigenvalue weighted by Crippen LogP contribution is 2.13. The predicted octanol–water partition coefficient (Wildman–Crippen LogP) is 12.4. The maximum absolute atomic E-state index is 12.7. The molecule has 2 atom stereocenters. The van der Waals surface area contributed by atoms with E-state index in [2.05, 4.69) is 62.5 Å². The van der Waals surface area contributed by atoms with Gasteiger partial charge in [-0.15, -0.1) is 0 Å². The van der Waals surface area contributed by atoms with Crippen molar-refractivity contribution in [2.45, 2.75) is 199 Å². The second-order valence-electron chi connectivity index (χ2n) is 16.3. The van der Waals surface area contributed by atoms with E-state index in [1.165, 1.54) is 109 Å². The molecule has 324 valence electrons. The lowest BCUT2D eigenvalue weighted by atomic mass is 10.1. The number of carbonyl (C=O) groups excluding carboxylic acids is 2. The van der Waals surface area contributed by atoms with E-state index in [-0.39, 0.29) is 42.7 Å². The molecule has 0 aliphatic rings. The molecule has 0 amide bonds. The van der Waals surface area contributed by atoms with E-state index in [9.17, 15) is 19.5 Å². The molecule has 0 saturated heterocycles. The fourth-order valence-electron chi connectivity index (χ4n) is 6.40. The number of unbranched alkanes of at least 4 members (excludes halogenated alkanes) is 18. The molecule has 0 aromatic carbocycles. The minimum absolute atomic E-state index is 0.0394. The Morgan fingerprint density at radius 2 is 0.964 bits per heavy atom. The third kappa shape index (κ3) is 36.9. The number of carboxylic acid groups (broad SMARTS) is 1. The van der Waals surface area contributed by atoms with Gasteiger partial charge in [0.2, 0.25) is 0 Å². The van der Waals surface area contributed by atoms with Gasteiger partial charge in [0.1, 0.15) is 6.61 Å². The van der Waals surface area contributed by atoms with Gasteiger partial charge in [-0.25, -0.2) is 4.79 Å².